The topological polar surface area (TPSA) is 49.9 Å². The lowest BCUT2D eigenvalue weighted by atomic mass is 9.95. The third kappa shape index (κ3) is 5.04. The largest absolute Gasteiger partial charge is 0.444 e. The van der Waals surface area contributed by atoms with Crippen molar-refractivity contribution < 1.29 is 14.3 Å². The van der Waals surface area contributed by atoms with E-state index in [4.69, 9.17) is 16.3 Å². The van der Waals surface area contributed by atoms with Crippen molar-refractivity contribution in [3.63, 3.8) is 0 Å². The predicted octanol–water partition coefficient (Wildman–Crippen LogP) is 2.86. The van der Waals surface area contributed by atoms with Gasteiger partial charge in [0.1, 0.15) is 5.60 Å². The van der Waals surface area contributed by atoms with Gasteiger partial charge in [0, 0.05) is 32.6 Å². The molecule has 2 aliphatic rings. The van der Waals surface area contributed by atoms with Crippen molar-refractivity contribution in [1.82, 2.24) is 9.80 Å². The number of hydrogen-bond acceptors (Lipinski definition) is 3. The molecule has 0 radical (unpaired) electrons. The number of nitrogens with zero attached hydrogens (tertiary/aromatic N) is 2. The van der Waals surface area contributed by atoms with Crippen molar-refractivity contribution in [1.29, 1.82) is 0 Å². The summed E-state index contributed by atoms with van der Waals surface area (Å²) in [4.78, 5) is 27.5. The average molecular weight is 331 g/mol. The summed E-state index contributed by atoms with van der Waals surface area (Å²) in [6.07, 6.45) is 3.25. The average Bonchev–Trinajstić information content (AvgIpc) is 2.73. The van der Waals surface area contributed by atoms with Crippen LogP contribution in [0, 0.1) is 5.92 Å². The molecule has 2 fully saturated rings. The first-order valence-corrected chi connectivity index (χ1v) is 8.58. The molecule has 0 aliphatic carbocycles. The van der Waals surface area contributed by atoms with Gasteiger partial charge in [-0.2, -0.15) is 0 Å². The van der Waals surface area contributed by atoms with Crippen LogP contribution < -0.4 is 0 Å². The Kier molecular flexibility index (Phi) is 5.59. The van der Waals surface area contributed by atoms with Gasteiger partial charge in [0.05, 0.1) is 5.38 Å². The number of halogens is 1. The summed E-state index contributed by atoms with van der Waals surface area (Å²) in [5, 5.41) is -0.0443. The van der Waals surface area contributed by atoms with Gasteiger partial charge in [0.2, 0.25) is 5.91 Å². The van der Waals surface area contributed by atoms with Gasteiger partial charge in [-0.3, -0.25) is 4.79 Å². The Bertz CT molecular complexity index is 422. The van der Waals surface area contributed by atoms with Gasteiger partial charge in [-0.15, -0.1) is 11.6 Å². The number of ether oxygens (including phenoxy) is 1. The third-order valence-corrected chi connectivity index (χ3v) is 4.44. The molecule has 2 amide bonds. The highest BCUT2D eigenvalue weighted by Gasteiger charge is 2.30. The molecule has 2 rings (SSSR count). The molecule has 0 aromatic carbocycles. The number of amides is 2. The highest BCUT2D eigenvalue weighted by molar-refractivity contribution is 6.22. The van der Waals surface area contributed by atoms with Gasteiger partial charge in [-0.05, 0) is 46.0 Å². The van der Waals surface area contributed by atoms with Gasteiger partial charge in [-0.25, -0.2) is 4.79 Å². The predicted molar refractivity (Wildman–Crippen MR) is 86.0 cm³/mol. The van der Waals surface area contributed by atoms with E-state index in [2.05, 4.69) is 0 Å². The molecule has 2 atom stereocenters. The Labute approximate surface area is 137 Å². The summed E-state index contributed by atoms with van der Waals surface area (Å²) in [6, 6.07) is 0. The molecule has 2 saturated heterocycles. The van der Waals surface area contributed by atoms with Crippen LogP contribution in [0.1, 0.15) is 46.5 Å². The quantitative estimate of drug-likeness (QED) is 0.748. The molecule has 2 aliphatic heterocycles. The Morgan fingerprint density at radius 3 is 2.68 bits per heavy atom. The minimum atomic E-state index is -0.457. The lowest BCUT2D eigenvalue weighted by molar-refractivity contribution is -0.127. The fraction of sp³-hybridized carbons (Fsp3) is 0.875. The van der Waals surface area contributed by atoms with Crippen molar-refractivity contribution in [2.75, 3.05) is 26.2 Å². The van der Waals surface area contributed by atoms with Crippen LogP contribution in [0.25, 0.3) is 0 Å². The SMILES string of the molecule is CC(C)(C)OC(=O)N1CCCC(CCN2CC(Cl)CC2=O)C1. The van der Waals surface area contributed by atoms with Crippen molar-refractivity contribution in [2.45, 2.75) is 57.4 Å². The van der Waals surface area contributed by atoms with Gasteiger partial charge in [0.25, 0.3) is 0 Å². The van der Waals surface area contributed by atoms with E-state index in [9.17, 15) is 9.59 Å². The fourth-order valence-corrected chi connectivity index (χ4v) is 3.37. The zero-order valence-corrected chi connectivity index (χ0v) is 14.6. The van der Waals surface area contributed by atoms with E-state index in [0.29, 0.717) is 18.9 Å². The van der Waals surface area contributed by atoms with E-state index < -0.39 is 5.60 Å². The van der Waals surface area contributed by atoms with Crippen LogP contribution in [-0.2, 0) is 9.53 Å². The molecule has 0 bridgehead atoms. The molecular formula is C16H27ClN2O3. The smallest absolute Gasteiger partial charge is 0.410 e. The van der Waals surface area contributed by atoms with Crippen LogP contribution in [0.4, 0.5) is 4.79 Å². The lowest BCUT2D eigenvalue weighted by Gasteiger charge is -2.34. The van der Waals surface area contributed by atoms with Crippen LogP contribution in [-0.4, -0.2) is 59.0 Å². The Morgan fingerprint density at radius 2 is 2.09 bits per heavy atom. The summed E-state index contributed by atoms with van der Waals surface area (Å²) in [5.41, 5.74) is -0.457. The van der Waals surface area contributed by atoms with Crippen LogP contribution in [0.2, 0.25) is 0 Å². The number of piperidine rings is 1. The lowest BCUT2D eigenvalue weighted by Crippen LogP contribution is -2.43. The number of hydrogen-bond donors (Lipinski definition) is 0. The summed E-state index contributed by atoms with van der Waals surface area (Å²) in [5.74, 6) is 0.586. The second-order valence-electron chi connectivity index (χ2n) is 7.36. The van der Waals surface area contributed by atoms with E-state index in [1.54, 1.807) is 4.90 Å². The fourth-order valence-electron chi connectivity index (χ4n) is 3.07. The molecule has 126 valence electrons. The number of rotatable bonds is 3. The summed E-state index contributed by atoms with van der Waals surface area (Å²) in [7, 11) is 0. The van der Waals surface area contributed by atoms with Gasteiger partial charge >= 0.3 is 6.09 Å². The molecule has 0 N–H and O–H groups in total. The second-order valence-corrected chi connectivity index (χ2v) is 7.98. The van der Waals surface area contributed by atoms with E-state index in [0.717, 1.165) is 38.9 Å². The van der Waals surface area contributed by atoms with Crippen molar-refractivity contribution in [3.8, 4) is 0 Å². The second kappa shape index (κ2) is 7.07. The standard InChI is InChI=1S/C16H27ClN2O3/c1-16(2,3)22-15(21)19-7-4-5-12(10-19)6-8-18-11-13(17)9-14(18)20/h12-13H,4-11H2,1-3H3. The maximum absolute atomic E-state index is 12.1. The summed E-state index contributed by atoms with van der Waals surface area (Å²) >= 11 is 6.02. The highest BCUT2D eigenvalue weighted by Crippen LogP contribution is 2.24. The van der Waals surface area contributed by atoms with Gasteiger partial charge < -0.3 is 14.5 Å². The number of likely N-dealkylation sites (tertiary alicyclic amines) is 2. The number of alkyl halides is 1. The van der Waals surface area contributed by atoms with E-state index in [1.807, 2.05) is 25.7 Å². The zero-order valence-electron chi connectivity index (χ0n) is 13.8. The van der Waals surface area contributed by atoms with Crippen molar-refractivity contribution in [3.05, 3.63) is 0 Å². The van der Waals surface area contributed by atoms with Crippen LogP contribution >= 0.6 is 11.6 Å². The molecule has 6 heteroatoms. The number of carbonyl (C=O) groups is 2. The van der Waals surface area contributed by atoms with Crippen LogP contribution in [0.3, 0.4) is 0 Å². The first-order valence-electron chi connectivity index (χ1n) is 8.14. The van der Waals surface area contributed by atoms with Crippen LogP contribution in [0.5, 0.6) is 0 Å². The van der Waals surface area contributed by atoms with E-state index in [-0.39, 0.29) is 17.4 Å². The van der Waals surface area contributed by atoms with E-state index >= 15 is 0 Å². The molecule has 0 aromatic heterocycles. The first-order chi connectivity index (χ1) is 10.2. The molecule has 2 heterocycles. The minimum absolute atomic E-state index is 0.0443. The van der Waals surface area contributed by atoms with Gasteiger partial charge in [-0.1, -0.05) is 0 Å². The molecule has 2 unspecified atom stereocenters. The minimum Gasteiger partial charge on any atom is -0.444 e. The molecular weight excluding hydrogens is 304 g/mol. The maximum atomic E-state index is 12.1. The zero-order chi connectivity index (χ0) is 16.3. The highest BCUT2D eigenvalue weighted by atomic mass is 35.5. The molecule has 22 heavy (non-hydrogen) atoms. The van der Waals surface area contributed by atoms with Crippen LogP contribution in [0.15, 0.2) is 0 Å². The third-order valence-electron chi connectivity index (χ3n) is 4.15. The van der Waals surface area contributed by atoms with E-state index in [1.165, 1.54) is 0 Å². The summed E-state index contributed by atoms with van der Waals surface area (Å²) in [6.45, 7) is 8.53. The molecule has 0 saturated carbocycles. The normalized spacial score (nSPS) is 26.5. The molecule has 0 aromatic rings. The first kappa shape index (κ1) is 17.4. The molecule has 5 nitrogen and oxygen atoms in total. The Balaban J connectivity index is 1.78. The summed E-state index contributed by atoms with van der Waals surface area (Å²) < 4.78 is 5.44. The Morgan fingerprint density at radius 1 is 1.36 bits per heavy atom. The molecule has 0 spiro atoms. The van der Waals surface area contributed by atoms with Gasteiger partial charge in [0.15, 0.2) is 0 Å². The number of carbonyl (C=O) groups excluding carboxylic acids is 2. The van der Waals surface area contributed by atoms with Crippen molar-refractivity contribution >= 4 is 23.6 Å². The Hall–Kier alpha value is -0.970. The maximum Gasteiger partial charge on any atom is 0.410 e. The van der Waals surface area contributed by atoms with Crippen molar-refractivity contribution in [2.24, 2.45) is 5.92 Å². The monoisotopic (exact) mass is 330 g/mol.